The van der Waals surface area contributed by atoms with Crippen molar-refractivity contribution in [2.45, 2.75) is 330 Å². The van der Waals surface area contributed by atoms with E-state index in [1.54, 1.807) is 18.2 Å². The summed E-state index contributed by atoms with van der Waals surface area (Å²) >= 11 is 0. The van der Waals surface area contributed by atoms with Crippen molar-refractivity contribution < 1.29 is 183 Å². The molecule has 11 fully saturated rings. The summed E-state index contributed by atoms with van der Waals surface area (Å²) in [5, 5.41) is 214. The van der Waals surface area contributed by atoms with E-state index in [9.17, 15) is 117 Å². The molecule has 0 amide bonds. The van der Waals surface area contributed by atoms with Crippen LogP contribution in [0.2, 0.25) is 0 Å². The van der Waals surface area contributed by atoms with Gasteiger partial charge in [-0.15, -0.1) is 0 Å². The molecule has 37 heteroatoms. The summed E-state index contributed by atoms with van der Waals surface area (Å²) in [6, 6.07) is 0. The number of carbonyl (C=O) groups is 3. The lowest BCUT2D eigenvalue weighted by Gasteiger charge is -2.52. The number of carbonyl (C=O) groups excluding carboxylic acids is 3. The first kappa shape index (κ1) is 86.3. The average molecular weight is 1570 g/mol. The summed E-state index contributed by atoms with van der Waals surface area (Å²) in [4.78, 5) is 38.7. The molecule has 11 rings (SSSR count). The number of hydrogen-bond donors (Lipinski definition) is 20. The molecule has 622 valence electrons. The van der Waals surface area contributed by atoms with Crippen molar-refractivity contribution in [3.63, 3.8) is 0 Å². The molecule has 6 aliphatic heterocycles. The Kier molecular flexibility index (Phi) is 31.1. The van der Waals surface area contributed by atoms with Gasteiger partial charge in [-0.3, -0.25) is 0 Å². The Balaban J connectivity index is 0.642. The highest BCUT2D eigenvalue weighted by molar-refractivity contribution is 5.82. The number of ether oxygens (including phenoxy) is 14. The van der Waals surface area contributed by atoms with Crippen molar-refractivity contribution >= 4 is 17.9 Å². The van der Waals surface area contributed by atoms with E-state index >= 15 is 0 Å². The van der Waals surface area contributed by atoms with Gasteiger partial charge >= 0.3 is 17.9 Å². The Morgan fingerprint density at radius 1 is 0.312 bits per heavy atom. The van der Waals surface area contributed by atoms with E-state index in [2.05, 4.69) is 0 Å². The number of esters is 3. The monoisotopic (exact) mass is 1570 g/mol. The average Bonchev–Trinajstić information content (AvgIpc) is 0.766. The van der Waals surface area contributed by atoms with Crippen molar-refractivity contribution in [2.24, 2.45) is 29.6 Å². The minimum absolute atomic E-state index is 0.00285. The molecule has 5 saturated carbocycles. The number of allylic oxidation sites excluding steroid dienone is 3. The van der Waals surface area contributed by atoms with Gasteiger partial charge in [-0.25, -0.2) is 14.4 Å². The van der Waals surface area contributed by atoms with Gasteiger partial charge < -0.3 is 168 Å². The lowest BCUT2D eigenvalue weighted by molar-refractivity contribution is -0.341. The first-order valence-electron chi connectivity index (χ1n) is 38.3. The summed E-state index contributed by atoms with van der Waals surface area (Å²) in [6.07, 6.45) is -34.0. The molecule has 0 spiro atoms. The predicted molar refractivity (Wildman–Crippen MR) is 359 cm³/mol. The van der Waals surface area contributed by atoms with Gasteiger partial charge in [-0.2, -0.15) is 0 Å². The van der Waals surface area contributed by atoms with Gasteiger partial charge in [0.05, 0.1) is 74.3 Å². The second-order valence-corrected chi connectivity index (χ2v) is 31.1. The van der Waals surface area contributed by atoms with Crippen molar-refractivity contribution in [2.75, 3.05) is 33.0 Å². The molecular formula is C72H112O37. The zero-order valence-corrected chi connectivity index (χ0v) is 60.2. The SMILES string of the molecule is O=C(C=CC1CCC(OC2OC(CO)C(O)C(O)C2O)CC1)OCC1OC(OC2CCC(C=CC(=O)OCC3OC(OC4CC(C5OC6CC(OC7OC(COC(=O)C=CC8CCC(O)CC8)C(O)C(O)C7O)CC(O)C6CC5OC5OC(CO)C(O)C(O)C5O)CCC4O)C(O)C(O)C3O)CC2)C(O)C(O)C1O. The summed E-state index contributed by atoms with van der Waals surface area (Å²) in [5.41, 5.74) is 0. The molecule has 6 saturated heterocycles. The Bertz CT molecular complexity index is 2930. The van der Waals surface area contributed by atoms with E-state index in [1.165, 1.54) is 18.2 Å². The lowest BCUT2D eigenvalue weighted by Crippen LogP contribution is -2.63. The maximum atomic E-state index is 13.2. The van der Waals surface area contributed by atoms with Gasteiger partial charge in [-0.1, -0.05) is 18.2 Å². The van der Waals surface area contributed by atoms with E-state index < -0.39 is 271 Å². The molecule has 0 aromatic rings. The van der Waals surface area contributed by atoms with Crippen LogP contribution in [0, 0.1) is 29.6 Å². The Labute approximate surface area is 627 Å². The molecule has 109 heavy (non-hydrogen) atoms. The first-order chi connectivity index (χ1) is 52.1. The minimum atomic E-state index is -1.92. The third-order valence-electron chi connectivity index (χ3n) is 23.6. The van der Waals surface area contributed by atoms with E-state index in [-0.39, 0.29) is 62.4 Å². The van der Waals surface area contributed by atoms with Crippen LogP contribution in [0.25, 0.3) is 0 Å². The van der Waals surface area contributed by atoms with E-state index in [0.29, 0.717) is 77.0 Å². The van der Waals surface area contributed by atoms with Gasteiger partial charge in [0.1, 0.15) is 142 Å². The maximum absolute atomic E-state index is 13.2. The predicted octanol–water partition coefficient (Wildman–Crippen LogP) is -6.75. The fourth-order valence-corrected chi connectivity index (χ4v) is 16.8. The topological polar surface area (TPSA) is 585 Å². The lowest BCUT2D eigenvalue weighted by atomic mass is 9.72. The highest BCUT2D eigenvalue weighted by Gasteiger charge is 2.56. The second-order valence-electron chi connectivity index (χ2n) is 31.1. The van der Waals surface area contributed by atoms with Gasteiger partial charge in [-0.05, 0) is 126 Å². The number of aliphatic hydroxyl groups is 20. The van der Waals surface area contributed by atoms with Gasteiger partial charge in [0.15, 0.2) is 31.5 Å². The highest BCUT2D eigenvalue weighted by atomic mass is 16.7. The van der Waals surface area contributed by atoms with Crippen LogP contribution >= 0.6 is 0 Å². The molecular weight excluding hydrogens is 1460 g/mol. The molecule has 11 aliphatic rings. The zero-order chi connectivity index (χ0) is 78.2. The van der Waals surface area contributed by atoms with E-state index in [4.69, 9.17) is 66.3 Å². The molecule has 34 atom stereocenters. The summed E-state index contributed by atoms with van der Waals surface area (Å²) in [6.45, 7) is -3.05. The zero-order valence-electron chi connectivity index (χ0n) is 60.2. The Morgan fingerprint density at radius 3 is 1.04 bits per heavy atom. The van der Waals surface area contributed by atoms with Gasteiger partial charge in [0, 0.05) is 37.0 Å². The van der Waals surface area contributed by atoms with Crippen LogP contribution in [-0.4, -0.2) is 368 Å². The number of rotatable bonds is 25. The van der Waals surface area contributed by atoms with Crippen LogP contribution in [0.15, 0.2) is 36.5 Å². The molecule has 5 aliphatic carbocycles. The van der Waals surface area contributed by atoms with Crippen LogP contribution in [-0.2, 0) is 80.7 Å². The smallest absolute Gasteiger partial charge is 0.330 e. The molecule has 0 bridgehead atoms. The van der Waals surface area contributed by atoms with E-state index in [0.717, 1.165) is 0 Å². The second kappa shape index (κ2) is 39.4. The molecule has 0 aromatic heterocycles. The quantitative estimate of drug-likeness (QED) is 0.0229. The highest BCUT2D eigenvalue weighted by Crippen LogP contribution is 2.46. The number of aliphatic hydroxyl groups excluding tert-OH is 20. The van der Waals surface area contributed by atoms with Crippen LogP contribution in [0.5, 0.6) is 0 Å². The summed E-state index contributed by atoms with van der Waals surface area (Å²) in [7, 11) is 0. The molecule has 6 heterocycles. The largest absolute Gasteiger partial charge is 0.460 e. The Hall–Kier alpha value is -3.61. The molecule has 37 nitrogen and oxygen atoms in total. The van der Waals surface area contributed by atoms with Crippen LogP contribution in [0.4, 0.5) is 0 Å². The van der Waals surface area contributed by atoms with Gasteiger partial charge in [0.25, 0.3) is 0 Å². The molecule has 34 unspecified atom stereocenters. The molecule has 0 radical (unpaired) electrons. The third kappa shape index (κ3) is 21.5. The molecule has 0 aromatic carbocycles. The molecule has 20 N–H and O–H groups in total. The fraction of sp³-hybridized carbons (Fsp3) is 0.875. The van der Waals surface area contributed by atoms with Crippen LogP contribution < -0.4 is 0 Å². The maximum Gasteiger partial charge on any atom is 0.330 e. The minimum Gasteiger partial charge on any atom is -0.460 e. The Morgan fingerprint density at radius 2 is 0.651 bits per heavy atom. The normalized spacial score (nSPS) is 48.2. The van der Waals surface area contributed by atoms with Crippen molar-refractivity contribution in [1.29, 1.82) is 0 Å². The van der Waals surface area contributed by atoms with Crippen LogP contribution in [0.3, 0.4) is 0 Å². The number of hydrogen-bond acceptors (Lipinski definition) is 37. The summed E-state index contributed by atoms with van der Waals surface area (Å²) in [5.74, 6) is -3.92. The standard InChI is InChI=1S/C72H112O37/c73-25-44-52(81)57(86)62(91)68(105-44)99-35-13-3-31(4-14-35)8-19-50(79)96-27-46-54(83)59(88)63(92)69(107-46)100-36-15-5-32(6-16-36)9-20-51(80)98-29-48-56(85)61(90)66(95)71(109-48)103-42-21-33(10-17-39(42)76)67-43(104-72-65(94)58(87)53(82)45(26-74)106-72)24-38-40(77)22-37(23-41(38)102-67)101-70-64(93)60(89)55(84)47(108-70)28-97-49(78)18-7-30-1-11-34(75)12-2-30/h7-9,18-20,30-48,52-77,81-95H,1-6,10-17,21-29H2. The fourth-order valence-electron chi connectivity index (χ4n) is 16.8. The van der Waals surface area contributed by atoms with Crippen molar-refractivity contribution in [3.8, 4) is 0 Å². The van der Waals surface area contributed by atoms with Crippen LogP contribution in [0.1, 0.15) is 116 Å². The van der Waals surface area contributed by atoms with Gasteiger partial charge in [0.2, 0.25) is 0 Å². The van der Waals surface area contributed by atoms with Crippen molar-refractivity contribution in [3.05, 3.63) is 36.5 Å². The van der Waals surface area contributed by atoms with Crippen molar-refractivity contribution in [1.82, 2.24) is 0 Å². The third-order valence-corrected chi connectivity index (χ3v) is 23.6. The van der Waals surface area contributed by atoms with E-state index in [1.807, 2.05) is 0 Å². The number of fused-ring (bicyclic) bond motifs is 1. The summed E-state index contributed by atoms with van der Waals surface area (Å²) < 4.78 is 82.6. The first-order valence-corrected chi connectivity index (χ1v) is 38.3.